The summed E-state index contributed by atoms with van der Waals surface area (Å²) in [5.74, 6) is 0.0854. The molecular formula is C13H22O3. The number of ether oxygens (including phenoxy) is 1. The quantitative estimate of drug-likeness (QED) is 0.412. The molecule has 0 rings (SSSR count). The zero-order valence-corrected chi connectivity index (χ0v) is 10.5. The summed E-state index contributed by atoms with van der Waals surface area (Å²) in [7, 11) is 0. The van der Waals surface area contributed by atoms with Gasteiger partial charge in [0.05, 0.1) is 6.61 Å². The van der Waals surface area contributed by atoms with Crippen molar-refractivity contribution in [3.8, 4) is 0 Å². The number of esters is 1. The summed E-state index contributed by atoms with van der Waals surface area (Å²) < 4.78 is 4.87. The van der Waals surface area contributed by atoms with Crippen LogP contribution in [0, 0.1) is 5.92 Å². The Balaban J connectivity index is 4.20. The largest absolute Gasteiger partial charge is 0.463 e. The van der Waals surface area contributed by atoms with Crippen molar-refractivity contribution in [2.45, 2.75) is 33.6 Å². The van der Waals surface area contributed by atoms with Crippen LogP contribution in [-0.2, 0) is 9.53 Å². The highest BCUT2D eigenvalue weighted by molar-refractivity contribution is 5.88. The normalized spacial score (nSPS) is 13.4. The molecule has 0 aromatic rings. The van der Waals surface area contributed by atoms with Gasteiger partial charge in [0.25, 0.3) is 0 Å². The van der Waals surface area contributed by atoms with Gasteiger partial charge in [-0.1, -0.05) is 19.1 Å². The summed E-state index contributed by atoms with van der Waals surface area (Å²) in [5, 5.41) is 8.77. The van der Waals surface area contributed by atoms with Gasteiger partial charge in [-0.25, -0.2) is 4.79 Å². The van der Waals surface area contributed by atoms with Crippen LogP contribution in [0.4, 0.5) is 0 Å². The third kappa shape index (κ3) is 6.40. The number of rotatable bonds is 7. The lowest BCUT2D eigenvalue weighted by molar-refractivity contribution is -0.138. The van der Waals surface area contributed by atoms with Gasteiger partial charge in [-0.05, 0) is 38.7 Å². The Morgan fingerprint density at radius 3 is 2.69 bits per heavy atom. The lowest BCUT2D eigenvalue weighted by Gasteiger charge is -2.10. The Kier molecular flexibility index (Phi) is 7.56. The number of hydrogen-bond donors (Lipinski definition) is 1. The molecule has 0 radical (unpaired) electrons. The minimum atomic E-state index is -0.293. The van der Waals surface area contributed by atoms with E-state index in [0.717, 1.165) is 18.4 Å². The molecule has 0 aliphatic heterocycles. The van der Waals surface area contributed by atoms with Crippen molar-refractivity contribution in [2.75, 3.05) is 13.2 Å². The summed E-state index contributed by atoms with van der Waals surface area (Å²) in [6.07, 6.45) is 3.30. The first-order valence-corrected chi connectivity index (χ1v) is 5.65. The van der Waals surface area contributed by atoms with Crippen molar-refractivity contribution in [1.29, 1.82) is 0 Å². The second kappa shape index (κ2) is 8.11. The number of carbonyl (C=O) groups excluding carboxylic acids is 1. The average Bonchev–Trinajstić information content (AvgIpc) is 2.17. The van der Waals surface area contributed by atoms with Gasteiger partial charge < -0.3 is 9.84 Å². The van der Waals surface area contributed by atoms with Crippen LogP contribution in [0.25, 0.3) is 0 Å². The van der Waals surface area contributed by atoms with Crippen LogP contribution in [0.15, 0.2) is 23.8 Å². The maximum absolute atomic E-state index is 11.3. The number of aliphatic hydroxyl groups excluding tert-OH is 1. The fourth-order valence-electron chi connectivity index (χ4n) is 1.44. The first-order chi connectivity index (χ1) is 7.51. The molecule has 0 bridgehead atoms. The second-order valence-corrected chi connectivity index (χ2v) is 4.03. The third-order valence-corrected chi connectivity index (χ3v) is 2.25. The fourth-order valence-corrected chi connectivity index (χ4v) is 1.44. The molecule has 3 nitrogen and oxygen atoms in total. The van der Waals surface area contributed by atoms with Crippen molar-refractivity contribution < 1.29 is 14.6 Å². The molecule has 3 heteroatoms. The fraction of sp³-hybridized carbons (Fsp3) is 0.615. The summed E-state index contributed by atoms with van der Waals surface area (Å²) in [5.41, 5.74) is 1.47. The van der Waals surface area contributed by atoms with Gasteiger partial charge in [0.1, 0.15) is 0 Å². The van der Waals surface area contributed by atoms with Crippen molar-refractivity contribution >= 4 is 5.97 Å². The lowest BCUT2D eigenvalue weighted by Crippen LogP contribution is -2.06. The van der Waals surface area contributed by atoms with E-state index in [1.54, 1.807) is 19.9 Å². The number of aliphatic hydroxyl groups is 1. The van der Waals surface area contributed by atoms with E-state index in [1.165, 1.54) is 0 Å². The van der Waals surface area contributed by atoms with E-state index in [4.69, 9.17) is 9.84 Å². The SMILES string of the molecule is C=C(/C=C(\C)C(=O)OCC)C[C@@H](C)CCO. The summed E-state index contributed by atoms with van der Waals surface area (Å²) in [4.78, 5) is 11.3. The van der Waals surface area contributed by atoms with Crippen molar-refractivity contribution in [3.63, 3.8) is 0 Å². The van der Waals surface area contributed by atoms with Gasteiger partial charge >= 0.3 is 5.97 Å². The van der Waals surface area contributed by atoms with Crippen LogP contribution in [0.3, 0.4) is 0 Å². The molecule has 16 heavy (non-hydrogen) atoms. The van der Waals surface area contributed by atoms with Crippen molar-refractivity contribution in [3.05, 3.63) is 23.8 Å². The minimum Gasteiger partial charge on any atom is -0.463 e. The number of allylic oxidation sites excluding steroid dienone is 2. The Morgan fingerprint density at radius 1 is 1.56 bits per heavy atom. The van der Waals surface area contributed by atoms with Crippen LogP contribution in [-0.4, -0.2) is 24.3 Å². The number of carbonyl (C=O) groups is 1. The first-order valence-electron chi connectivity index (χ1n) is 5.65. The first kappa shape index (κ1) is 14.9. The molecule has 0 saturated heterocycles. The maximum atomic E-state index is 11.3. The maximum Gasteiger partial charge on any atom is 0.333 e. The highest BCUT2D eigenvalue weighted by atomic mass is 16.5. The molecule has 0 aromatic carbocycles. The lowest BCUT2D eigenvalue weighted by atomic mass is 9.98. The monoisotopic (exact) mass is 226 g/mol. The van der Waals surface area contributed by atoms with Gasteiger partial charge in [0.15, 0.2) is 0 Å². The standard InChI is InChI=1S/C13H22O3/c1-5-16-13(15)12(4)9-11(3)8-10(2)6-7-14/h9-10,14H,3,5-8H2,1-2,4H3/b12-9+/t10-/m0/s1. The van der Waals surface area contributed by atoms with E-state index in [0.29, 0.717) is 18.1 Å². The van der Waals surface area contributed by atoms with Crippen LogP contribution in [0.5, 0.6) is 0 Å². The van der Waals surface area contributed by atoms with E-state index in [1.807, 2.05) is 0 Å². The van der Waals surface area contributed by atoms with E-state index in [-0.39, 0.29) is 12.6 Å². The highest BCUT2D eigenvalue weighted by Crippen LogP contribution is 2.15. The van der Waals surface area contributed by atoms with Crippen LogP contribution >= 0.6 is 0 Å². The Hall–Kier alpha value is -1.09. The zero-order chi connectivity index (χ0) is 12.6. The molecule has 92 valence electrons. The third-order valence-electron chi connectivity index (χ3n) is 2.25. The molecule has 0 unspecified atom stereocenters. The van der Waals surface area contributed by atoms with E-state index >= 15 is 0 Å². The van der Waals surface area contributed by atoms with Gasteiger partial charge in [-0.15, -0.1) is 0 Å². The van der Waals surface area contributed by atoms with Crippen molar-refractivity contribution in [2.24, 2.45) is 5.92 Å². The van der Waals surface area contributed by atoms with E-state index in [2.05, 4.69) is 13.5 Å². The average molecular weight is 226 g/mol. The molecule has 0 aromatic heterocycles. The predicted molar refractivity (Wildman–Crippen MR) is 65.0 cm³/mol. The molecule has 0 fully saturated rings. The van der Waals surface area contributed by atoms with Crippen LogP contribution in [0.1, 0.15) is 33.6 Å². The van der Waals surface area contributed by atoms with Crippen molar-refractivity contribution in [1.82, 2.24) is 0 Å². The summed E-state index contributed by atoms with van der Waals surface area (Å²) in [6.45, 7) is 10.0. The summed E-state index contributed by atoms with van der Waals surface area (Å²) in [6, 6.07) is 0. The Labute approximate surface area is 97.8 Å². The molecule has 0 aliphatic rings. The second-order valence-electron chi connectivity index (χ2n) is 4.03. The summed E-state index contributed by atoms with van der Waals surface area (Å²) >= 11 is 0. The zero-order valence-electron chi connectivity index (χ0n) is 10.5. The molecule has 0 aliphatic carbocycles. The van der Waals surface area contributed by atoms with Crippen LogP contribution in [0.2, 0.25) is 0 Å². The number of hydrogen-bond acceptors (Lipinski definition) is 3. The van der Waals surface area contributed by atoms with Gasteiger partial charge in [0.2, 0.25) is 0 Å². The van der Waals surface area contributed by atoms with Gasteiger partial charge in [0, 0.05) is 12.2 Å². The Morgan fingerprint density at radius 2 is 2.19 bits per heavy atom. The molecule has 0 amide bonds. The molecule has 1 atom stereocenters. The van der Waals surface area contributed by atoms with Crippen LogP contribution < -0.4 is 0 Å². The molecule has 0 saturated carbocycles. The molecule has 0 spiro atoms. The highest BCUT2D eigenvalue weighted by Gasteiger charge is 2.07. The smallest absolute Gasteiger partial charge is 0.333 e. The molecule has 0 heterocycles. The van der Waals surface area contributed by atoms with Gasteiger partial charge in [-0.3, -0.25) is 0 Å². The minimum absolute atomic E-state index is 0.190. The molecular weight excluding hydrogens is 204 g/mol. The van der Waals surface area contributed by atoms with E-state index < -0.39 is 0 Å². The predicted octanol–water partition coefficient (Wildman–Crippen LogP) is 2.46. The molecule has 1 N–H and O–H groups in total. The Bertz CT molecular complexity index is 266. The van der Waals surface area contributed by atoms with Gasteiger partial charge in [-0.2, -0.15) is 0 Å². The van der Waals surface area contributed by atoms with E-state index in [9.17, 15) is 4.79 Å². The topological polar surface area (TPSA) is 46.5 Å².